The predicted molar refractivity (Wildman–Crippen MR) is 80.9 cm³/mol. The number of nitriles is 1. The van der Waals surface area contributed by atoms with E-state index in [4.69, 9.17) is 5.26 Å². The second kappa shape index (κ2) is 6.28. The molecule has 2 aliphatic rings. The van der Waals surface area contributed by atoms with Gasteiger partial charge in [-0.3, -0.25) is 4.79 Å². The number of amides is 1. The van der Waals surface area contributed by atoms with Crippen LogP contribution in [-0.2, 0) is 0 Å². The number of carbonyl (C=O) groups excluding carboxylic acids is 1. The Balaban J connectivity index is 1.70. The highest BCUT2D eigenvalue weighted by molar-refractivity contribution is 5.94. The van der Waals surface area contributed by atoms with Crippen LogP contribution in [0.1, 0.15) is 48.0 Å². The monoisotopic (exact) mass is 283 g/mol. The third-order valence-corrected chi connectivity index (χ3v) is 4.34. The Morgan fingerprint density at radius 2 is 2.00 bits per heavy atom. The van der Waals surface area contributed by atoms with E-state index < -0.39 is 0 Å². The van der Waals surface area contributed by atoms with Gasteiger partial charge in [0.2, 0.25) is 0 Å². The lowest BCUT2D eigenvalue weighted by atomic mass is 10.0. The van der Waals surface area contributed by atoms with Crippen molar-refractivity contribution in [3.8, 4) is 6.07 Å². The van der Waals surface area contributed by atoms with Crippen LogP contribution in [0.15, 0.2) is 24.3 Å². The lowest BCUT2D eigenvalue weighted by Crippen LogP contribution is -2.46. The van der Waals surface area contributed by atoms with Crippen LogP contribution in [-0.4, -0.2) is 36.0 Å². The first kappa shape index (κ1) is 14.1. The normalized spacial score (nSPS) is 21.6. The summed E-state index contributed by atoms with van der Waals surface area (Å²) in [7, 11) is 0. The van der Waals surface area contributed by atoms with Crippen molar-refractivity contribution in [3.05, 3.63) is 35.4 Å². The molecule has 1 unspecified atom stereocenters. The minimum Gasteiger partial charge on any atom is -0.334 e. The minimum atomic E-state index is 0.106. The number of nitrogens with zero attached hydrogens (tertiary/aromatic N) is 2. The number of carbonyl (C=O) groups is 1. The molecule has 1 aliphatic carbocycles. The van der Waals surface area contributed by atoms with Crippen LogP contribution >= 0.6 is 0 Å². The summed E-state index contributed by atoms with van der Waals surface area (Å²) >= 11 is 0. The largest absolute Gasteiger partial charge is 0.334 e. The van der Waals surface area contributed by atoms with Gasteiger partial charge in [-0.25, -0.2) is 0 Å². The second-order valence-corrected chi connectivity index (χ2v) is 6.02. The summed E-state index contributed by atoms with van der Waals surface area (Å²) in [5, 5.41) is 12.4. The van der Waals surface area contributed by atoms with Crippen LogP contribution in [0.2, 0.25) is 0 Å². The molecule has 1 N–H and O–H groups in total. The SMILES string of the molecule is N#Cc1ccc(C(=O)N(CC2CCCCN2)C2CC2)cc1. The molecule has 110 valence electrons. The zero-order valence-corrected chi connectivity index (χ0v) is 12.2. The number of benzene rings is 1. The van der Waals surface area contributed by atoms with Crippen LogP contribution < -0.4 is 5.32 Å². The van der Waals surface area contributed by atoms with Gasteiger partial charge < -0.3 is 10.2 Å². The lowest BCUT2D eigenvalue weighted by molar-refractivity contribution is 0.0718. The Labute approximate surface area is 125 Å². The van der Waals surface area contributed by atoms with Crippen LogP contribution in [0.25, 0.3) is 0 Å². The number of nitrogens with one attached hydrogen (secondary N) is 1. The Morgan fingerprint density at radius 1 is 1.24 bits per heavy atom. The summed E-state index contributed by atoms with van der Waals surface area (Å²) in [6, 6.07) is 9.91. The third-order valence-electron chi connectivity index (χ3n) is 4.34. The molecule has 1 amide bonds. The maximum Gasteiger partial charge on any atom is 0.254 e. The minimum absolute atomic E-state index is 0.106. The van der Waals surface area contributed by atoms with Gasteiger partial charge in [0.15, 0.2) is 0 Å². The van der Waals surface area contributed by atoms with Crippen molar-refractivity contribution in [2.75, 3.05) is 13.1 Å². The van der Waals surface area contributed by atoms with Crippen molar-refractivity contribution in [1.82, 2.24) is 10.2 Å². The fourth-order valence-corrected chi connectivity index (χ4v) is 2.95. The van der Waals surface area contributed by atoms with E-state index in [1.54, 1.807) is 24.3 Å². The number of piperidine rings is 1. The van der Waals surface area contributed by atoms with Gasteiger partial charge >= 0.3 is 0 Å². The zero-order chi connectivity index (χ0) is 14.7. The molecule has 0 radical (unpaired) electrons. The van der Waals surface area contributed by atoms with E-state index in [9.17, 15) is 4.79 Å². The highest BCUT2D eigenvalue weighted by Crippen LogP contribution is 2.29. The first-order chi connectivity index (χ1) is 10.3. The molecule has 1 aromatic rings. The second-order valence-electron chi connectivity index (χ2n) is 6.02. The molecule has 0 spiro atoms. The maximum absolute atomic E-state index is 12.7. The first-order valence-electron chi connectivity index (χ1n) is 7.82. The summed E-state index contributed by atoms with van der Waals surface area (Å²) in [5.41, 5.74) is 1.29. The smallest absolute Gasteiger partial charge is 0.254 e. The highest BCUT2D eigenvalue weighted by atomic mass is 16.2. The van der Waals surface area contributed by atoms with Gasteiger partial charge in [0, 0.05) is 24.2 Å². The van der Waals surface area contributed by atoms with E-state index >= 15 is 0 Å². The quantitative estimate of drug-likeness (QED) is 0.922. The van der Waals surface area contributed by atoms with Crippen molar-refractivity contribution in [3.63, 3.8) is 0 Å². The summed E-state index contributed by atoms with van der Waals surface area (Å²) in [6.07, 6.45) is 5.89. The summed E-state index contributed by atoms with van der Waals surface area (Å²) in [4.78, 5) is 14.7. The molecule has 4 nitrogen and oxygen atoms in total. The fourth-order valence-electron chi connectivity index (χ4n) is 2.95. The highest BCUT2D eigenvalue weighted by Gasteiger charge is 2.34. The Morgan fingerprint density at radius 3 is 2.57 bits per heavy atom. The maximum atomic E-state index is 12.7. The Hall–Kier alpha value is -1.86. The van der Waals surface area contributed by atoms with E-state index in [2.05, 4.69) is 11.4 Å². The topological polar surface area (TPSA) is 56.1 Å². The van der Waals surface area contributed by atoms with Gasteiger partial charge in [-0.15, -0.1) is 0 Å². The molecule has 1 heterocycles. The number of hydrogen-bond acceptors (Lipinski definition) is 3. The van der Waals surface area contributed by atoms with Gasteiger partial charge in [0.1, 0.15) is 0 Å². The molecular formula is C17H21N3O. The van der Waals surface area contributed by atoms with Crippen LogP contribution in [0, 0.1) is 11.3 Å². The van der Waals surface area contributed by atoms with Gasteiger partial charge in [-0.2, -0.15) is 5.26 Å². The van der Waals surface area contributed by atoms with Gasteiger partial charge in [-0.05, 0) is 56.5 Å². The summed E-state index contributed by atoms with van der Waals surface area (Å²) in [5.74, 6) is 0.106. The molecule has 0 aromatic heterocycles. The predicted octanol–water partition coefficient (Wildman–Crippen LogP) is 2.30. The van der Waals surface area contributed by atoms with Crippen molar-refractivity contribution in [2.24, 2.45) is 0 Å². The summed E-state index contributed by atoms with van der Waals surface area (Å²) in [6.45, 7) is 1.87. The van der Waals surface area contributed by atoms with Gasteiger partial charge in [-0.1, -0.05) is 6.42 Å². The van der Waals surface area contributed by atoms with E-state index in [1.807, 2.05) is 4.90 Å². The molecule has 1 atom stereocenters. The van der Waals surface area contributed by atoms with E-state index in [-0.39, 0.29) is 5.91 Å². The number of hydrogen-bond donors (Lipinski definition) is 1. The first-order valence-corrected chi connectivity index (χ1v) is 7.82. The average molecular weight is 283 g/mol. The molecule has 0 bridgehead atoms. The van der Waals surface area contributed by atoms with Gasteiger partial charge in [0.05, 0.1) is 11.6 Å². The van der Waals surface area contributed by atoms with E-state index in [1.165, 1.54) is 12.8 Å². The van der Waals surface area contributed by atoms with Crippen molar-refractivity contribution in [1.29, 1.82) is 5.26 Å². The molecule has 3 rings (SSSR count). The van der Waals surface area contributed by atoms with Crippen LogP contribution in [0.3, 0.4) is 0 Å². The lowest BCUT2D eigenvalue weighted by Gasteiger charge is -2.31. The molecule has 21 heavy (non-hydrogen) atoms. The molecule has 1 saturated heterocycles. The molecule has 2 fully saturated rings. The fraction of sp³-hybridized carbons (Fsp3) is 0.529. The molecule has 1 saturated carbocycles. The van der Waals surface area contributed by atoms with E-state index in [0.717, 1.165) is 32.4 Å². The summed E-state index contributed by atoms with van der Waals surface area (Å²) < 4.78 is 0. The Bertz CT molecular complexity index is 536. The van der Waals surface area contributed by atoms with E-state index in [0.29, 0.717) is 23.2 Å². The molecular weight excluding hydrogens is 262 g/mol. The van der Waals surface area contributed by atoms with Crippen LogP contribution in [0.5, 0.6) is 0 Å². The van der Waals surface area contributed by atoms with Crippen molar-refractivity contribution < 1.29 is 4.79 Å². The van der Waals surface area contributed by atoms with Crippen molar-refractivity contribution >= 4 is 5.91 Å². The number of rotatable bonds is 4. The standard InChI is InChI=1S/C17H21N3O/c18-11-13-4-6-14(7-5-13)17(21)20(16-8-9-16)12-15-3-1-2-10-19-15/h4-7,15-16,19H,1-3,8-10,12H2. The molecule has 1 aliphatic heterocycles. The molecule has 1 aromatic carbocycles. The van der Waals surface area contributed by atoms with Crippen molar-refractivity contribution in [2.45, 2.75) is 44.2 Å². The third kappa shape index (κ3) is 3.43. The Kier molecular flexibility index (Phi) is 4.21. The molecule has 4 heteroatoms. The van der Waals surface area contributed by atoms with Crippen LogP contribution in [0.4, 0.5) is 0 Å². The van der Waals surface area contributed by atoms with Gasteiger partial charge in [0.25, 0.3) is 5.91 Å². The average Bonchev–Trinajstić information content (AvgIpc) is 3.38. The zero-order valence-electron chi connectivity index (χ0n) is 12.2.